The summed E-state index contributed by atoms with van der Waals surface area (Å²) in [6.45, 7) is 7.34. The number of benzene rings is 1. The van der Waals surface area contributed by atoms with Crippen LogP contribution in [0.25, 0.3) is 0 Å². The van der Waals surface area contributed by atoms with Gasteiger partial charge in [-0.15, -0.1) is 0 Å². The molecule has 1 atom stereocenters. The van der Waals surface area contributed by atoms with Crippen LogP contribution < -0.4 is 4.90 Å². The zero-order chi connectivity index (χ0) is 15.4. The summed E-state index contributed by atoms with van der Waals surface area (Å²) in [6, 6.07) is 8.05. The van der Waals surface area contributed by atoms with Crippen molar-refractivity contribution in [2.24, 2.45) is 5.92 Å². The molecular weight excluding hydrogens is 272 g/mol. The summed E-state index contributed by atoms with van der Waals surface area (Å²) < 4.78 is 0. The summed E-state index contributed by atoms with van der Waals surface area (Å²) in [5.41, 5.74) is 2.04. The molecule has 118 valence electrons. The normalized spacial score (nSPS) is 22.8. The number of allylic oxidation sites excluding steroid dienone is 2. The Labute approximate surface area is 133 Å². The van der Waals surface area contributed by atoms with Crippen molar-refractivity contribution in [3.63, 3.8) is 0 Å². The highest BCUT2D eigenvalue weighted by Crippen LogP contribution is 2.22. The van der Waals surface area contributed by atoms with E-state index in [1.807, 2.05) is 12.1 Å². The van der Waals surface area contributed by atoms with Crippen molar-refractivity contribution >= 4 is 11.5 Å². The molecule has 3 nitrogen and oxygen atoms in total. The van der Waals surface area contributed by atoms with Crippen LogP contribution in [-0.2, 0) is 0 Å². The Kier molecular flexibility index (Phi) is 4.94. The quantitative estimate of drug-likeness (QED) is 0.629. The van der Waals surface area contributed by atoms with E-state index in [2.05, 4.69) is 34.1 Å². The third-order valence-electron chi connectivity index (χ3n) is 4.91. The van der Waals surface area contributed by atoms with Gasteiger partial charge in [0.1, 0.15) is 0 Å². The fourth-order valence-corrected chi connectivity index (χ4v) is 3.48. The lowest BCUT2D eigenvalue weighted by Crippen LogP contribution is -2.47. The smallest absolute Gasteiger partial charge is 0.159 e. The summed E-state index contributed by atoms with van der Waals surface area (Å²) in [4.78, 5) is 16.4. The minimum Gasteiger partial charge on any atom is -0.369 e. The molecule has 1 aromatic carbocycles. The van der Waals surface area contributed by atoms with Crippen molar-refractivity contribution < 1.29 is 4.79 Å². The van der Waals surface area contributed by atoms with E-state index in [1.54, 1.807) is 6.92 Å². The Morgan fingerprint density at radius 3 is 2.41 bits per heavy atom. The SMILES string of the molecule is CC(=O)c1ccc(N2CCN(C[C@@H]3CC=CCC3)CC2)cc1. The second-order valence-corrected chi connectivity index (χ2v) is 6.54. The van der Waals surface area contributed by atoms with Gasteiger partial charge in [-0.2, -0.15) is 0 Å². The van der Waals surface area contributed by atoms with Crippen LogP contribution in [0.15, 0.2) is 36.4 Å². The van der Waals surface area contributed by atoms with Crippen molar-refractivity contribution in [3.05, 3.63) is 42.0 Å². The maximum absolute atomic E-state index is 11.3. The first-order valence-corrected chi connectivity index (χ1v) is 8.45. The van der Waals surface area contributed by atoms with E-state index in [1.165, 1.54) is 31.5 Å². The van der Waals surface area contributed by atoms with Crippen molar-refractivity contribution in [1.29, 1.82) is 0 Å². The molecule has 0 amide bonds. The highest BCUT2D eigenvalue weighted by Gasteiger charge is 2.20. The molecule has 1 aliphatic heterocycles. The number of carbonyl (C=O) groups is 1. The van der Waals surface area contributed by atoms with Crippen LogP contribution in [0.4, 0.5) is 5.69 Å². The van der Waals surface area contributed by atoms with Crippen molar-refractivity contribution in [2.75, 3.05) is 37.6 Å². The third-order valence-corrected chi connectivity index (χ3v) is 4.91. The van der Waals surface area contributed by atoms with Gasteiger partial charge in [-0.1, -0.05) is 12.2 Å². The van der Waals surface area contributed by atoms with E-state index in [9.17, 15) is 4.79 Å². The van der Waals surface area contributed by atoms with Gasteiger partial charge in [-0.3, -0.25) is 9.69 Å². The van der Waals surface area contributed by atoms with Gasteiger partial charge in [-0.25, -0.2) is 0 Å². The van der Waals surface area contributed by atoms with Crippen molar-refractivity contribution in [2.45, 2.75) is 26.2 Å². The third kappa shape index (κ3) is 3.77. The molecule has 0 aromatic heterocycles. The Morgan fingerprint density at radius 2 is 1.82 bits per heavy atom. The molecule has 2 aliphatic rings. The second kappa shape index (κ2) is 7.10. The first-order chi connectivity index (χ1) is 10.7. The van der Waals surface area contributed by atoms with Gasteiger partial charge < -0.3 is 4.90 Å². The molecule has 1 heterocycles. The van der Waals surface area contributed by atoms with Gasteiger partial charge >= 0.3 is 0 Å². The lowest BCUT2D eigenvalue weighted by Gasteiger charge is -2.38. The largest absolute Gasteiger partial charge is 0.369 e. The molecule has 0 unspecified atom stereocenters. The lowest BCUT2D eigenvalue weighted by atomic mass is 9.94. The van der Waals surface area contributed by atoms with Gasteiger partial charge in [-0.05, 0) is 56.4 Å². The first kappa shape index (κ1) is 15.3. The zero-order valence-electron chi connectivity index (χ0n) is 13.5. The minimum absolute atomic E-state index is 0.137. The highest BCUT2D eigenvalue weighted by molar-refractivity contribution is 5.94. The molecule has 1 fully saturated rings. The Bertz CT molecular complexity index is 527. The predicted molar refractivity (Wildman–Crippen MR) is 91.6 cm³/mol. The van der Waals surface area contributed by atoms with Gasteiger partial charge in [0.2, 0.25) is 0 Å². The van der Waals surface area contributed by atoms with E-state index in [0.29, 0.717) is 0 Å². The highest BCUT2D eigenvalue weighted by atomic mass is 16.1. The average Bonchev–Trinajstić information content (AvgIpc) is 2.57. The fourth-order valence-electron chi connectivity index (χ4n) is 3.48. The van der Waals surface area contributed by atoms with Gasteiger partial charge in [0.25, 0.3) is 0 Å². The Balaban J connectivity index is 1.50. The molecular formula is C19H26N2O. The van der Waals surface area contributed by atoms with Gasteiger partial charge in [0.15, 0.2) is 5.78 Å². The molecule has 0 bridgehead atoms. The average molecular weight is 298 g/mol. The molecule has 1 saturated heterocycles. The molecule has 0 spiro atoms. The van der Waals surface area contributed by atoms with E-state index >= 15 is 0 Å². The van der Waals surface area contributed by atoms with Crippen molar-refractivity contribution in [1.82, 2.24) is 4.90 Å². The van der Waals surface area contributed by atoms with Crippen LogP contribution in [0, 0.1) is 5.92 Å². The predicted octanol–water partition coefficient (Wildman–Crippen LogP) is 3.37. The second-order valence-electron chi connectivity index (χ2n) is 6.54. The number of rotatable bonds is 4. The van der Waals surface area contributed by atoms with Gasteiger partial charge in [0, 0.05) is 44.0 Å². The molecule has 1 aliphatic carbocycles. The number of piperazine rings is 1. The molecule has 3 heteroatoms. The van der Waals surface area contributed by atoms with Gasteiger partial charge in [0.05, 0.1) is 0 Å². The van der Waals surface area contributed by atoms with E-state index in [4.69, 9.17) is 0 Å². The van der Waals surface area contributed by atoms with E-state index in [-0.39, 0.29) is 5.78 Å². The number of hydrogen-bond donors (Lipinski definition) is 0. The van der Waals surface area contributed by atoms with Crippen LogP contribution >= 0.6 is 0 Å². The molecule has 1 aromatic rings. The van der Waals surface area contributed by atoms with E-state index < -0.39 is 0 Å². The summed E-state index contributed by atoms with van der Waals surface area (Å²) in [6.07, 6.45) is 8.53. The number of nitrogens with zero attached hydrogens (tertiary/aromatic N) is 2. The molecule has 0 N–H and O–H groups in total. The summed E-state index contributed by atoms with van der Waals surface area (Å²) in [7, 11) is 0. The lowest BCUT2D eigenvalue weighted by molar-refractivity contribution is 0.101. The summed E-state index contributed by atoms with van der Waals surface area (Å²) in [5, 5.41) is 0. The van der Waals surface area contributed by atoms with Crippen LogP contribution in [0.3, 0.4) is 0 Å². The number of anilines is 1. The maximum atomic E-state index is 11.3. The zero-order valence-corrected chi connectivity index (χ0v) is 13.5. The first-order valence-electron chi connectivity index (χ1n) is 8.45. The topological polar surface area (TPSA) is 23.6 Å². The van der Waals surface area contributed by atoms with Crippen LogP contribution in [-0.4, -0.2) is 43.4 Å². The van der Waals surface area contributed by atoms with Crippen molar-refractivity contribution in [3.8, 4) is 0 Å². The minimum atomic E-state index is 0.137. The standard InChI is InChI=1S/C19H26N2O/c1-16(22)18-7-9-19(10-8-18)21-13-11-20(12-14-21)15-17-5-3-2-4-6-17/h2-3,7-10,17H,4-6,11-15H2,1H3/t17-/m1/s1. The summed E-state index contributed by atoms with van der Waals surface area (Å²) >= 11 is 0. The number of ketones is 1. The fraction of sp³-hybridized carbons (Fsp3) is 0.526. The number of Topliss-reactive ketones (excluding diaryl/α,β-unsaturated/α-hetero) is 1. The molecule has 22 heavy (non-hydrogen) atoms. The number of hydrogen-bond acceptors (Lipinski definition) is 3. The monoisotopic (exact) mass is 298 g/mol. The van der Waals surface area contributed by atoms with Crippen LogP contribution in [0.5, 0.6) is 0 Å². The Hall–Kier alpha value is -1.61. The molecule has 0 radical (unpaired) electrons. The Morgan fingerprint density at radius 1 is 1.09 bits per heavy atom. The van der Waals surface area contributed by atoms with E-state index in [0.717, 1.165) is 37.7 Å². The molecule has 3 rings (SSSR count). The summed E-state index contributed by atoms with van der Waals surface area (Å²) in [5.74, 6) is 0.990. The van der Waals surface area contributed by atoms with Crippen LogP contribution in [0.2, 0.25) is 0 Å². The number of carbonyl (C=O) groups excluding carboxylic acids is 1. The maximum Gasteiger partial charge on any atom is 0.159 e. The van der Waals surface area contributed by atoms with Crippen LogP contribution in [0.1, 0.15) is 36.5 Å². The molecule has 0 saturated carbocycles.